The van der Waals surface area contributed by atoms with Crippen LogP contribution in [0.3, 0.4) is 0 Å². The summed E-state index contributed by atoms with van der Waals surface area (Å²) in [6.07, 6.45) is 8.09. The van der Waals surface area contributed by atoms with Gasteiger partial charge in [0.05, 0.1) is 5.56 Å². The molecule has 0 saturated carbocycles. The van der Waals surface area contributed by atoms with Crippen molar-refractivity contribution in [1.29, 1.82) is 0 Å². The number of carbonyl (C=O) groups excluding carboxylic acids is 1. The van der Waals surface area contributed by atoms with Gasteiger partial charge in [-0.1, -0.05) is 44.4 Å². The molecule has 1 saturated heterocycles. The van der Waals surface area contributed by atoms with Gasteiger partial charge in [0.15, 0.2) is 0 Å². The lowest BCUT2D eigenvalue weighted by molar-refractivity contribution is -0.0566. The Morgan fingerprint density at radius 1 is 1.13 bits per heavy atom. The summed E-state index contributed by atoms with van der Waals surface area (Å²) in [6.45, 7) is 5.56. The van der Waals surface area contributed by atoms with Crippen LogP contribution in [-0.4, -0.2) is 36.1 Å². The average Bonchev–Trinajstić information content (AvgIpc) is 2.53. The Bertz CT molecular complexity index is 524. The van der Waals surface area contributed by atoms with E-state index in [-0.39, 0.29) is 24.0 Å². The maximum Gasteiger partial charge on any atom is 0.338 e. The van der Waals surface area contributed by atoms with Crippen LogP contribution in [0.25, 0.3) is 0 Å². The first-order valence-electron chi connectivity index (χ1n) is 8.76. The first-order chi connectivity index (χ1) is 10.7. The SMILES string of the molecule is CCCCCCN1CCC2(CC1)Cc1ccccc1C(=O)O2.Cl. The smallest absolute Gasteiger partial charge is 0.338 e. The van der Waals surface area contributed by atoms with Crippen molar-refractivity contribution in [2.75, 3.05) is 19.6 Å². The van der Waals surface area contributed by atoms with Gasteiger partial charge in [-0.05, 0) is 24.6 Å². The molecule has 1 spiro atoms. The monoisotopic (exact) mass is 337 g/mol. The summed E-state index contributed by atoms with van der Waals surface area (Å²) in [5.74, 6) is -0.127. The lowest BCUT2D eigenvalue weighted by Crippen LogP contribution is -2.50. The fourth-order valence-corrected chi connectivity index (χ4v) is 3.73. The van der Waals surface area contributed by atoms with Gasteiger partial charge in [-0.15, -0.1) is 12.4 Å². The second kappa shape index (κ2) is 8.16. The predicted molar refractivity (Wildman–Crippen MR) is 95.4 cm³/mol. The van der Waals surface area contributed by atoms with Crippen molar-refractivity contribution in [1.82, 2.24) is 4.90 Å². The molecule has 128 valence electrons. The maximum absolute atomic E-state index is 12.2. The number of piperidine rings is 1. The van der Waals surface area contributed by atoms with Crippen molar-refractivity contribution in [2.24, 2.45) is 0 Å². The van der Waals surface area contributed by atoms with E-state index in [1.165, 1.54) is 32.2 Å². The third-order valence-electron chi connectivity index (χ3n) is 5.15. The molecular formula is C19H28ClNO2. The molecule has 3 rings (SSSR count). The van der Waals surface area contributed by atoms with Crippen molar-refractivity contribution in [3.8, 4) is 0 Å². The molecule has 3 nitrogen and oxygen atoms in total. The maximum atomic E-state index is 12.2. The van der Waals surface area contributed by atoms with Crippen LogP contribution in [0.1, 0.15) is 61.4 Å². The van der Waals surface area contributed by atoms with Crippen LogP contribution in [0.2, 0.25) is 0 Å². The minimum atomic E-state index is -0.245. The highest BCUT2D eigenvalue weighted by Crippen LogP contribution is 2.36. The van der Waals surface area contributed by atoms with E-state index in [0.717, 1.165) is 43.5 Å². The Balaban J connectivity index is 0.00000192. The van der Waals surface area contributed by atoms with Crippen LogP contribution >= 0.6 is 12.4 Å². The van der Waals surface area contributed by atoms with Gasteiger partial charge in [-0.25, -0.2) is 4.79 Å². The summed E-state index contributed by atoms with van der Waals surface area (Å²) in [5.41, 5.74) is 1.68. The topological polar surface area (TPSA) is 29.5 Å². The molecule has 2 aliphatic rings. The van der Waals surface area contributed by atoms with E-state index in [1.807, 2.05) is 18.2 Å². The quantitative estimate of drug-likeness (QED) is 0.594. The summed E-state index contributed by atoms with van der Waals surface area (Å²) >= 11 is 0. The van der Waals surface area contributed by atoms with Gasteiger partial charge in [0.1, 0.15) is 5.60 Å². The first-order valence-corrected chi connectivity index (χ1v) is 8.76. The number of halogens is 1. The molecular weight excluding hydrogens is 310 g/mol. The fraction of sp³-hybridized carbons (Fsp3) is 0.632. The van der Waals surface area contributed by atoms with E-state index >= 15 is 0 Å². The lowest BCUT2D eigenvalue weighted by Gasteiger charge is -2.43. The molecule has 0 N–H and O–H groups in total. The zero-order chi connectivity index (χ0) is 15.4. The van der Waals surface area contributed by atoms with E-state index in [1.54, 1.807) is 0 Å². The van der Waals surface area contributed by atoms with Gasteiger partial charge >= 0.3 is 5.97 Å². The van der Waals surface area contributed by atoms with Crippen molar-refractivity contribution in [3.63, 3.8) is 0 Å². The highest BCUT2D eigenvalue weighted by Gasteiger charge is 2.42. The van der Waals surface area contributed by atoms with Crippen LogP contribution in [0.5, 0.6) is 0 Å². The number of esters is 1. The van der Waals surface area contributed by atoms with Gasteiger partial charge in [0, 0.05) is 32.4 Å². The second-order valence-electron chi connectivity index (χ2n) is 6.81. The number of nitrogens with zero attached hydrogens (tertiary/aromatic N) is 1. The normalized spacial score (nSPS) is 19.8. The number of ether oxygens (including phenoxy) is 1. The Morgan fingerprint density at radius 2 is 1.87 bits per heavy atom. The number of likely N-dealkylation sites (tertiary alicyclic amines) is 1. The molecule has 0 aliphatic carbocycles. The van der Waals surface area contributed by atoms with E-state index in [9.17, 15) is 4.79 Å². The minimum absolute atomic E-state index is 0. The van der Waals surface area contributed by atoms with Crippen LogP contribution in [0.4, 0.5) is 0 Å². The standard InChI is InChI=1S/C19H27NO2.ClH/c1-2-3-4-7-12-20-13-10-19(11-14-20)15-16-8-5-6-9-17(16)18(21)22-19;/h5-6,8-9H,2-4,7,10-15H2,1H3;1H. The van der Waals surface area contributed by atoms with E-state index in [4.69, 9.17) is 4.74 Å². The number of fused-ring (bicyclic) bond motifs is 1. The number of carbonyl (C=O) groups is 1. The molecule has 1 aromatic carbocycles. The first kappa shape index (κ1) is 18.3. The third kappa shape index (κ3) is 4.27. The highest BCUT2D eigenvalue weighted by molar-refractivity contribution is 5.92. The Morgan fingerprint density at radius 3 is 2.61 bits per heavy atom. The van der Waals surface area contributed by atoms with Crippen LogP contribution < -0.4 is 0 Å². The fourth-order valence-electron chi connectivity index (χ4n) is 3.73. The van der Waals surface area contributed by atoms with Gasteiger partial charge < -0.3 is 9.64 Å². The largest absolute Gasteiger partial charge is 0.455 e. The molecule has 2 heterocycles. The molecule has 0 radical (unpaired) electrons. The van der Waals surface area contributed by atoms with Gasteiger partial charge in [0.25, 0.3) is 0 Å². The molecule has 4 heteroatoms. The van der Waals surface area contributed by atoms with Gasteiger partial charge in [0.2, 0.25) is 0 Å². The number of hydrogen-bond acceptors (Lipinski definition) is 3. The van der Waals surface area contributed by atoms with E-state index in [2.05, 4.69) is 17.9 Å². The van der Waals surface area contributed by atoms with Crippen LogP contribution in [0, 0.1) is 0 Å². The zero-order valence-corrected chi connectivity index (χ0v) is 14.9. The molecule has 0 bridgehead atoms. The van der Waals surface area contributed by atoms with Crippen molar-refractivity contribution in [3.05, 3.63) is 35.4 Å². The average molecular weight is 338 g/mol. The van der Waals surface area contributed by atoms with Gasteiger partial charge in [-0.3, -0.25) is 0 Å². The number of unbranched alkanes of at least 4 members (excludes halogenated alkanes) is 3. The van der Waals surface area contributed by atoms with Crippen molar-refractivity contribution < 1.29 is 9.53 Å². The number of benzene rings is 1. The van der Waals surface area contributed by atoms with Crippen LogP contribution in [0.15, 0.2) is 24.3 Å². The molecule has 0 atom stereocenters. The molecule has 2 aliphatic heterocycles. The molecule has 23 heavy (non-hydrogen) atoms. The van der Waals surface area contributed by atoms with E-state index < -0.39 is 0 Å². The summed E-state index contributed by atoms with van der Waals surface area (Å²) in [6, 6.07) is 7.90. The Kier molecular flexibility index (Phi) is 6.49. The zero-order valence-electron chi connectivity index (χ0n) is 14.1. The van der Waals surface area contributed by atoms with Crippen molar-refractivity contribution >= 4 is 18.4 Å². The Hall–Kier alpha value is -1.06. The number of hydrogen-bond donors (Lipinski definition) is 0. The molecule has 0 aromatic heterocycles. The summed E-state index contributed by atoms with van der Waals surface area (Å²) in [4.78, 5) is 14.8. The number of rotatable bonds is 5. The second-order valence-corrected chi connectivity index (χ2v) is 6.81. The third-order valence-corrected chi connectivity index (χ3v) is 5.15. The molecule has 0 amide bonds. The summed E-state index contributed by atoms with van der Waals surface area (Å²) < 4.78 is 5.87. The molecule has 1 fully saturated rings. The summed E-state index contributed by atoms with van der Waals surface area (Å²) in [5, 5.41) is 0. The van der Waals surface area contributed by atoms with Gasteiger partial charge in [-0.2, -0.15) is 0 Å². The summed E-state index contributed by atoms with van der Waals surface area (Å²) in [7, 11) is 0. The minimum Gasteiger partial charge on any atom is -0.455 e. The van der Waals surface area contributed by atoms with E-state index in [0.29, 0.717) is 0 Å². The van der Waals surface area contributed by atoms with Crippen LogP contribution in [-0.2, 0) is 11.2 Å². The predicted octanol–water partition coefficient (Wildman–Crippen LogP) is 4.24. The Labute approximate surface area is 145 Å². The molecule has 0 unspecified atom stereocenters. The lowest BCUT2D eigenvalue weighted by atomic mass is 9.81. The molecule has 1 aromatic rings. The highest BCUT2D eigenvalue weighted by atomic mass is 35.5. The van der Waals surface area contributed by atoms with Crippen molar-refractivity contribution in [2.45, 2.75) is 57.5 Å².